The molecule has 2 amide bonds. The Balaban J connectivity index is 1.50. The highest BCUT2D eigenvalue weighted by atomic mass is 32.3. The number of piperidine rings is 1. The van der Waals surface area contributed by atoms with Crippen LogP contribution < -0.4 is 5.32 Å². The average Bonchev–Trinajstić information content (AvgIpc) is 2.95. The van der Waals surface area contributed by atoms with Crippen LogP contribution in [0.15, 0.2) is 5.16 Å². The van der Waals surface area contributed by atoms with Crippen molar-refractivity contribution in [2.75, 3.05) is 19.6 Å². The van der Waals surface area contributed by atoms with Gasteiger partial charge in [0.2, 0.25) is 0 Å². The Bertz CT molecular complexity index is 645. The molecule has 0 aliphatic carbocycles. The topological polar surface area (TPSA) is 121 Å². The van der Waals surface area contributed by atoms with Gasteiger partial charge in [0.15, 0.2) is 5.60 Å². The van der Waals surface area contributed by atoms with Crippen molar-refractivity contribution in [3.05, 3.63) is 0 Å². The summed E-state index contributed by atoms with van der Waals surface area (Å²) >= 11 is 0. The van der Waals surface area contributed by atoms with E-state index in [0.717, 1.165) is 23.9 Å². The standard InChI is InChI=1S/C11H16N4O6S/c16-10-14-4-7(15(10)21-22(17,18)19)1-2-9(14)8-3-11(20-13-8)5-12-6-11/h7,9,12H,1-6H2,(H,17,18,19)/t7-,9+/m1/s1. The van der Waals surface area contributed by atoms with Gasteiger partial charge in [0.1, 0.15) is 0 Å². The van der Waals surface area contributed by atoms with Gasteiger partial charge in [-0.3, -0.25) is 4.55 Å². The molecular formula is C11H16N4O6S. The summed E-state index contributed by atoms with van der Waals surface area (Å²) in [4.78, 5) is 19.4. The van der Waals surface area contributed by atoms with Crippen molar-refractivity contribution in [2.24, 2.45) is 5.16 Å². The van der Waals surface area contributed by atoms with Crippen LogP contribution in [-0.2, 0) is 19.5 Å². The molecule has 4 aliphatic rings. The van der Waals surface area contributed by atoms with Crippen molar-refractivity contribution in [3.63, 3.8) is 0 Å². The van der Waals surface area contributed by atoms with Crippen LogP contribution in [-0.4, -0.2) is 72.0 Å². The zero-order valence-electron chi connectivity index (χ0n) is 11.6. The molecule has 2 N–H and O–H groups in total. The van der Waals surface area contributed by atoms with Crippen LogP contribution in [0.1, 0.15) is 19.3 Å². The number of hydrogen-bond donors (Lipinski definition) is 2. The summed E-state index contributed by atoms with van der Waals surface area (Å²) in [5.74, 6) is 0. The minimum atomic E-state index is -4.71. The normalized spacial score (nSPS) is 33.0. The van der Waals surface area contributed by atoms with Crippen LogP contribution in [0.5, 0.6) is 0 Å². The zero-order valence-corrected chi connectivity index (χ0v) is 12.5. The molecule has 0 radical (unpaired) electrons. The maximum atomic E-state index is 12.3. The van der Waals surface area contributed by atoms with Crippen LogP contribution in [0.4, 0.5) is 4.79 Å². The quantitative estimate of drug-likeness (QED) is 0.643. The van der Waals surface area contributed by atoms with Gasteiger partial charge >= 0.3 is 16.4 Å². The van der Waals surface area contributed by atoms with Gasteiger partial charge in [-0.25, -0.2) is 4.79 Å². The number of fused-ring (bicyclic) bond motifs is 2. The molecule has 1 spiro atoms. The van der Waals surface area contributed by atoms with E-state index in [4.69, 9.17) is 9.39 Å². The molecule has 0 unspecified atom stereocenters. The van der Waals surface area contributed by atoms with Crippen LogP contribution in [0.2, 0.25) is 0 Å². The minimum Gasteiger partial charge on any atom is -0.386 e. The van der Waals surface area contributed by atoms with Crippen LogP contribution >= 0.6 is 0 Å². The maximum absolute atomic E-state index is 12.3. The molecule has 4 rings (SSSR count). The number of urea groups is 1. The number of carbonyl (C=O) groups excluding carboxylic acids is 1. The minimum absolute atomic E-state index is 0.210. The molecular weight excluding hydrogens is 316 g/mol. The smallest absolute Gasteiger partial charge is 0.386 e. The van der Waals surface area contributed by atoms with E-state index in [1.807, 2.05) is 0 Å². The van der Waals surface area contributed by atoms with E-state index in [-0.39, 0.29) is 17.7 Å². The highest BCUT2D eigenvalue weighted by molar-refractivity contribution is 7.80. The monoisotopic (exact) mass is 332 g/mol. The summed E-state index contributed by atoms with van der Waals surface area (Å²) in [6.07, 6.45) is 1.90. The summed E-state index contributed by atoms with van der Waals surface area (Å²) in [6.45, 7) is 1.83. The first-order valence-corrected chi connectivity index (χ1v) is 8.46. The largest absolute Gasteiger partial charge is 0.418 e. The Hall–Kier alpha value is -1.43. The second kappa shape index (κ2) is 4.54. The van der Waals surface area contributed by atoms with Gasteiger partial charge in [0.25, 0.3) is 0 Å². The van der Waals surface area contributed by atoms with Gasteiger partial charge < -0.3 is 15.1 Å². The molecule has 4 aliphatic heterocycles. The molecule has 122 valence electrons. The van der Waals surface area contributed by atoms with E-state index < -0.39 is 16.4 Å². The molecule has 0 aromatic heterocycles. The molecule has 0 saturated carbocycles. The molecule has 11 heteroatoms. The van der Waals surface area contributed by atoms with Crippen molar-refractivity contribution in [2.45, 2.75) is 36.9 Å². The summed E-state index contributed by atoms with van der Waals surface area (Å²) in [7, 11) is -4.71. The van der Waals surface area contributed by atoms with Crippen molar-refractivity contribution in [1.29, 1.82) is 0 Å². The van der Waals surface area contributed by atoms with E-state index >= 15 is 0 Å². The molecule has 0 aromatic carbocycles. The summed E-state index contributed by atoms with van der Waals surface area (Å²) < 4.78 is 34.9. The van der Waals surface area contributed by atoms with Crippen LogP contribution in [0, 0.1) is 0 Å². The molecule has 2 atom stereocenters. The lowest BCUT2D eigenvalue weighted by molar-refractivity contribution is -0.0559. The van der Waals surface area contributed by atoms with Gasteiger partial charge in [0, 0.05) is 26.1 Å². The number of nitrogens with zero attached hydrogens (tertiary/aromatic N) is 3. The summed E-state index contributed by atoms with van der Waals surface area (Å²) in [5.41, 5.74) is 0.529. The number of nitrogens with one attached hydrogen (secondary N) is 1. The third-order valence-corrected chi connectivity index (χ3v) is 4.99. The van der Waals surface area contributed by atoms with E-state index in [1.54, 1.807) is 0 Å². The Morgan fingerprint density at radius 1 is 1.41 bits per heavy atom. The number of amides is 2. The van der Waals surface area contributed by atoms with E-state index in [2.05, 4.69) is 14.8 Å². The Morgan fingerprint density at radius 3 is 2.77 bits per heavy atom. The number of hydroxylamine groups is 2. The van der Waals surface area contributed by atoms with Crippen LogP contribution in [0.3, 0.4) is 0 Å². The third kappa shape index (κ3) is 2.16. The Morgan fingerprint density at radius 2 is 2.18 bits per heavy atom. The molecule has 22 heavy (non-hydrogen) atoms. The number of carbonyl (C=O) groups is 1. The van der Waals surface area contributed by atoms with Crippen LogP contribution in [0.25, 0.3) is 0 Å². The van der Waals surface area contributed by atoms with Crippen molar-refractivity contribution in [3.8, 4) is 0 Å². The predicted molar refractivity (Wildman–Crippen MR) is 72.1 cm³/mol. The van der Waals surface area contributed by atoms with E-state index in [0.29, 0.717) is 25.8 Å². The highest BCUT2D eigenvalue weighted by Crippen LogP contribution is 2.36. The Labute approximate surface area is 126 Å². The molecule has 10 nitrogen and oxygen atoms in total. The number of rotatable bonds is 3. The fourth-order valence-corrected chi connectivity index (χ4v) is 3.89. The lowest BCUT2D eigenvalue weighted by Crippen LogP contribution is -2.60. The van der Waals surface area contributed by atoms with Gasteiger partial charge in [-0.2, -0.15) is 13.5 Å². The SMILES string of the molecule is O=C1N2C[C@@H](CC[C@H]2C2=NOC3(CNC3)C2)N1OS(=O)(=O)O. The number of hydrogen-bond acceptors (Lipinski definition) is 7. The first-order chi connectivity index (χ1) is 10.4. The Kier molecular flexibility index (Phi) is 2.92. The highest BCUT2D eigenvalue weighted by Gasteiger charge is 2.52. The fraction of sp³-hybridized carbons (Fsp3) is 0.818. The molecule has 0 aromatic rings. The van der Waals surface area contributed by atoms with Crippen molar-refractivity contribution < 1.29 is 26.9 Å². The van der Waals surface area contributed by atoms with Crippen molar-refractivity contribution >= 4 is 22.1 Å². The molecule has 3 fully saturated rings. The van der Waals surface area contributed by atoms with Gasteiger partial charge in [-0.05, 0) is 12.8 Å². The second-order valence-corrected chi connectivity index (χ2v) is 7.15. The molecule has 2 bridgehead atoms. The van der Waals surface area contributed by atoms with Gasteiger partial charge in [0.05, 0.1) is 17.8 Å². The lowest BCUT2D eigenvalue weighted by atomic mass is 9.86. The third-order valence-electron chi connectivity index (χ3n) is 4.64. The van der Waals surface area contributed by atoms with Gasteiger partial charge in [-0.1, -0.05) is 5.16 Å². The maximum Gasteiger partial charge on any atom is 0.418 e. The second-order valence-electron chi connectivity index (χ2n) is 6.15. The first kappa shape index (κ1) is 14.2. The van der Waals surface area contributed by atoms with Crippen molar-refractivity contribution in [1.82, 2.24) is 15.3 Å². The first-order valence-electron chi connectivity index (χ1n) is 7.09. The fourth-order valence-electron chi connectivity index (χ4n) is 3.50. The van der Waals surface area contributed by atoms with Gasteiger partial charge in [-0.15, -0.1) is 4.28 Å². The summed E-state index contributed by atoms with van der Waals surface area (Å²) in [6, 6.07) is -1.16. The summed E-state index contributed by atoms with van der Waals surface area (Å²) in [5, 5.41) is 8.02. The van der Waals surface area contributed by atoms with E-state index in [1.165, 1.54) is 4.90 Å². The average molecular weight is 332 g/mol. The molecule has 4 heterocycles. The van der Waals surface area contributed by atoms with E-state index in [9.17, 15) is 13.2 Å². The predicted octanol–water partition coefficient (Wildman–Crippen LogP) is -0.892. The number of oxime groups is 1. The zero-order chi connectivity index (χ0) is 15.5. The lowest BCUT2D eigenvalue weighted by Gasteiger charge is -2.37. The molecule has 3 saturated heterocycles.